The first-order valence-corrected chi connectivity index (χ1v) is 4.56. The molecule has 16 heavy (non-hydrogen) atoms. The average molecular weight is 221 g/mol. The van der Waals surface area contributed by atoms with E-state index in [1.165, 1.54) is 0 Å². The van der Waals surface area contributed by atoms with Crippen LogP contribution in [0.15, 0.2) is 35.3 Å². The molecule has 2 amide bonds. The quantitative estimate of drug-likeness (QED) is 0.668. The van der Waals surface area contributed by atoms with Crippen molar-refractivity contribution in [2.45, 2.75) is 6.17 Å². The number of hydrogen-bond acceptors (Lipinski definition) is 3. The molecule has 0 radical (unpaired) electrons. The fourth-order valence-corrected chi connectivity index (χ4v) is 1.20. The molecule has 1 fully saturated rings. The van der Waals surface area contributed by atoms with Gasteiger partial charge < -0.3 is 0 Å². The van der Waals surface area contributed by atoms with Crippen LogP contribution in [-0.2, 0) is 9.59 Å². The standard InChI is InChI=1S/C10H8FN3O2/c11-7-8(15)13-10(14-9(7)16)12-6-4-2-1-3-5-6/h1-5,7H,(H2,12,13,14,15,16). The zero-order valence-corrected chi connectivity index (χ0v) is 8.11. The van der Waals surface area contributed by atoms with Gasteiger partial charge in [-0.3, -0.25) is 20.2 Å². The van der Waals surface area contributed by atoms with Crippen molar-refractivity contribution in [3.05, 3.63) is 30.3 Å². The summed E-state index contributed by atoms with van der Waals surface area (Å²) in [5.74, 6) is -2.06. The maximum Gasteiger partial charge on any atom is 0.271 e. The highest BCUT2D eigenvalue weighted by Gasteiger charge is 2.32. The Hall–Kier alpha value is -2.24. The third-order valence-electron chi connectivity index (χ3n) is 1.94. The van der Waals surface area contributed by atoms with E-state index in [-0.39, 0.29) is 5.96 Å². The van der Waals surface area contributed by atoms with Crippen LogP contribution in [0.2, 0.25) is 0 Å². The van der Waals surface area contributed by atoms with Crippen LogP contribution in [0.1, 0.15) is 0 Å². The van der Waals surface area contributed by atoms with Crippen LogP contribution in [0.3, 0.4) is 0 Å². The number of alkyl halides is 1. The lowest BCUT2D eigenvalue weighted by atomic mass is 10.3. The van der Waals surface area contributed by atoms with E-state index in [2.05, 4.69) is 15.6 Å². The van der Waals surface area contributed by atoms with E-state index in [0.717, 1.165) is 0 Å². The summed E-state index contributed by atoms with van der Waals surface area (Å²) < 4.78 is 12.8. The predicted molar refractivity (Wildman–Crippen MR) is 54.7 cm³/mol. The second-order valence-electron chi connectivity index (χ2n) is 3.14. The normalized spacial score (nSPS) is 20.1. The van der Waals surface area contributed by atoms with Crippen molar-refractivity contribution in [3.63, 3.8) is 0 Å². The van der Waals surface area contributed by atoms with Gasteiger partial charge in [-0.1, -0.05) is 18.2 Å². The number of carbonyl (C=O) groups is 2. The summed E-state index contributed by atoms with van der Waals surface area (Å²) in [7, 11) is 0. The van der Waals surface area contributed by atoms with Crippen LogP contribution >= 0.6 is 0 Å². The summed E-state index contributed by atoms with van der Waals surface area (Å²) in [6, 6.07) is 8.69. The lowest BCUT2D eigenvalue weighted by Gasteiger charge is -2.17. The van der Waals surface area contributed by atoms with Gasteiger partial charge in [0.25, 0.3) is 18.0 Å². The summed E-state index contributed by atoms with van der Waals surface area (Å²) >= 11 is 0. The van der Waals surface area contributed by atoms with E-state index in [1.807, 2.05) is 0 Å². The molecule has 1 aromatic carbocycles. The fourth-order valence-electron chi connectivity index (χ4n) is 1.20. The molecule has 82 valence electrons. The lowest BCUT2D eigenvalue weighted by molar-refractivity contribution is -0.136. The Bertz CT molecular complexity index is 438. The molecule has 2 rings (SSSR count). The Labute approximate surface area is 90.4 Å². The van der Waals surface area contributed by atoms with Gasteiger partial charge in [-0.05, 0) is 12.1 Å². The van der Waals surface area contributed by atoms with Crippen LogP contribution in [-0.4, -0.2) is 23.9 Å². The third-order valence-corrected chi connectivity index (χ3v) is 1.94. The number of nitrogens with one attached hydrogen (secondary N) is 2. The molecule has 1 saturated heterocycles. The molecule has 0 unspecified atom stereocenters. The molecule has 1 aliphatic rings. The van der Waals surface area contributed by atoms with Crippen molar-refractivity contribution < 1.29 is 14.0 Å². The highest BCUT2D eigenvalue weighted by Crippen LogP contribution is 2.10. The van der Waals surface area contributed by atoms with Crippen molar-refractivity contribution >= 4 is 23.5 Å². The summed E-state index contributed by atoms with van der Waals surface area (Å²) in [5, 5.41) is 4.30. The minimum absolute atomic E-state index is 0.0601. The van der Waals surface area contributed by atoms with Gasteiger partial charge in [-0.15, -0.1) is 0 Å². The van der Waals surface area contributed by atoms with Crippen LogP contribution in [0.4, 0.5) is 10.1 Å². The van der Waals surface area contributed by atoms with Crippen molar-refractivity contribution in [3.8, 4) is 0 Å². The zero-order valence-electron chi connectivity index (χ0n) is 8.11. The third kappa shape index (κ3) is 2.05. The van der Waals surface area contributed by atoms with Crippen molar-refractivity contribution in [2.24, 2.45) is 4.99 Å². The highest BCUT2D eigenvalue weighted by molar-refractivity contribution is 6.19. The van der Waals surface area contributed by atoms with Gasteiger partial charge in [0.2, 0.25) is 5.96 Å². The van der Waals surface area contributed by atoms with Crippen LogP contribution < -0.4 is 10.6 Å². The van der Waals surface area contributed by atoms with Gasteiger partial charge in [0.15, 0.2) is 0 Å². The molecule has 0 aromatic heterocycles. The molecule has 5 nitrogen and oxygen atoms in total. The Balaban J connectivity index is 2.21. The van der Waals surface area contributed by atoms with Crippen molar-refractivity contribution in [1.82, 2.24) is 10.6 Å². The van der Waals surface area contributed by atoms with Gasteiger partial charge >= 0.3 is 0 Å². The number of para-hydroxylation sites is 1. The first-order valence-electron chi connectivity index (χ1n) is 4.56. The summed E-state index contributed by atoms with van der Waals surface area (Å²) in [4.78, 5) is 25.9. The summed E-state index contributed by atoms with van der Waals surface area (Å²) in [6.45, 7) is 0. The van der Waals surface area contributed by atoms with Gasteiger partial charge in [0.05, 0.1) is 5.69 Å². The number of halogens is 1. The van der Waals surface area contributed by atoms with E-state index >= 15 is 0 Å². The molecule has 6 heteroatoms. The molecular formula is C10H8FN3O2. The second kappa shape index (κ2) is 4.09. The number of nitrogens with zero attached hydrogens (tertiary/aromatic N) is 1. The number of rotatable bonds is 1. The Morgan fingerprint density at radius 3 is 2.19 bits per heavy atom. The largest absolute Gasteiger partial charge is 0.293 e. The van der Waals surface area contributed by atoms with E-state index in [9.17, 15) is 14.0 Å². The Kier molecular flexibility index (Phi) is 2.63. The van der Waals surface area contributed by atoms with Gasteiger partial charge in [0.1, 0.15) is 0 Å². The second-order valence-corrected chi connectivity index (χ2v) is 3.14. The maximum absolute atomic E-state index is 12.8. The van der Waals surface area contributed by atoms with E-state index < -0.39 is 18.0 Å². The smallest absolute Gasteiger partial charge is 0.271 e. The minimum atomic E-state index is -2.17. The molecule has 2 N–H and O–H groups in total. The molecule has 0 atom stereocenters. The molecule has 0 bridgehead atoms. The van der Waals surface area contributed by atoms with E-state index in [0.29, 0.717) is 5.69 Å². The van der Waals surface area contributed by atoms with Gasteiger partial charge in [0, 0.05) is 0 Å². The molecular weight excluding hydrogens is 213 g/mol. The van der Waals surface area contributed by atoms with Gasteiger partial charge in [-0.2, -0.15) is 0 Å². The highest BCUT2D eigenvalue weighted by atomic mass is 19.1. The van der Waals surface area contributed by atoms with Crippen LogP contribution in [0, 0.1) is 0 Å². The number of aliphatic imine (C=N–C) groups is 1. The number of hydrogen-bond donors (Lipinski definition) is 2. The molecule has 0 spiro atoms. The predicted octanol–water partition coefficient (Wildman–Crippen LogP) is 0.258. The number of benzene rings is 1. The topological polar surface area (TPSA) is 70.6 Å². The summed E-state index contributed by atoms with van der Waals surface area (Å²) in [5.41, 5.74) is 0.551. The molecule has 1 aromatic rings. The van der Waals surface area contributed by atoms with Crippen molar-refractivity contribution in [1.29, 1.82) is 0 Å². The van der Waals surface area contributed by atoms with Gasteiger partial charge in [-0.25, -0.2) is 9.38 Å². The molecule has 1 heterocycles. The Morgan fingerprint density at radius 2 is 1.62 bits per heavy atom. The minimum Gasteiger partial charge on any atom is -0.293 e. The maximum atomic E-state index is 12.8. The first-order chi connectivity index (χ1) is 7.66. The lowest BCUT2D eigenvalue weighted by Crippen LogP contribution is -2.57. The molecule has 0 aliphatic carbocycles. The van der Waals surface area contributed by atoms with E-state index in [4.69, 9.17) is 0 Å². The number of amides is 2. The van der Waals surface area contributed by atoms with Crippen LogP contribution in [0.25, 0.3) is 0 Å². The van der Waals surface area contributed by atoms with Crippen LogP contribution in [0.5, 0.6) is 0 Å². The SMILES string of the molecule is O=C1NC(=Nc2ccccc2)NC(=O)C1F. The number of guanidine groups is 1. The van der Waals surface area contributed by atoms with E-state index in [1.54, 1.807) is 30.3 Å². The summed E-state index contributed by atoms with van der Waals surface area (Å²) in [6.07, 6.45) is -2.17. The number of carbonyl (C=O) groups excluding carboxylic acids is 2. The average Bonchev–Trinajstić information content (AvgIpc) is 2.27. The zero-order chi connectivity index (χ0) is 11.5. The fraction of sp³-hybridized carbons (Fsp3) is 0.100. The van der Waals surface area contributed by atoms with Crippen molar-refractivity contribution in [2.75, 3.05) is 0 Å². The molecule has 0 saturated carbocycles. The first kappa shape index (κ1) is 10.3. The Morgan fingerprint density at radius 1 is 1.06 bits per heavy atom. The monoisotopic (exact) mass is 221 g/mol. The molecule has 1 aliphatic heterocycles.